The molecule has 4 heteroatoms. The third kappa shape index (κ3) is 3.79. The van der Waals surface area contributed by atoms with Gasteiger partial charge in [-0.25, -0.2) is 4.98 Å². The van der Waals surface area contributed by atoms with Gasteiger partial charge in [0.15, 0.2) is 0 Å². The van der Waals surface area contributed by atoms with Gasteiger partial charge in [0.2, 0.25) is 0 Å². The van der Waals surface area contributed by atoms with Crippen molar-refractivity contribution in [2.75, 3.05) is 0 Å². The van der Waals surface area contributed by atoms with E-state index in [2.05, 4.69) is 57.8 Å². The second-order valence-corrected chi connectivity index (χ2v) is 8.84. The van der Waals surface area contributed by atoms with Gasteiger partial charge in [0.1, 0.15) is 12.1 Å². The molecule has 134 valence electrons. The van der Waals surface area contributed by atoms with Crippen molar-refractivity contribution in [3.63, 3.8) is 0 Å². The van der Waals surface area contributed by atoms with Crippen LogP contribution in [-0.2, 0) is 6.42 Å². The van der Waals surface area contributed by atoms with Gasteiger partial charge in [0.25, 0.3) is 5.17 Å². The fourth-order valence-electron chi connectivity index (χ4n) is 4.23. The average Bonchev–Trinajstić information content (AvgIpc) is 3.07. The number of imidazole rings is 1. The average molecular weight is 357 g/mol. The molecule has 0 saturated heterocycles. The summed E-state index contributed by atoms with van der Waals surface area (Å²) < 4.78 is 7.58. The maximum Gasteiger partial charge on any atom is 0.274 e. The molecule has 1 aromatic heterocycles. The van der Waals surface area contributed by atoms with E-state index in [0.717, 1.165) is 18.1 Å². The van der Waals surface area contributed by atoms with Gasteiger partial charge < -0.3 is 4.74 Å². The molecule has 0 aliphatic heterocycles. The SMILES string of the molecule is CC(C)C1CCc2cc(OC(=S)n3ccnc3)ccc2C1C(C)(C)C. The van der Waals surface area contributed by atoms with Crippen molar-refractivity contribution in [2.24, 2.45) is 17.3 Å². The summed E-state index contributed by atoms with van der Waals surface area (Å²) in [7, 11) is 0. The number of fused-ring (bicyclic) bond motifs is 1. The second kappa shape index (κ2) is 6.91. The first-order chi connectivity index (χ1) is 11.8. The molecule has 0 spiro atoms. The Hall–Kier alpha value is -1.68. The van der Waals surface area contributed by atoms with Crippen LogP contribution < -0.4 is 4.74 Å². The van der Waals surface area contributed by atoms with Crippen LogP contribution in [0.5, 0.6) is 5.75 Å². The molecular weight excluding hydrogens is 328 g/mol. The van der Waals surface area contributed by atoms with Crippen LogP contribution in [0, 0.1) is 17.3 Å². The minimum Gasteiger partial charge on any atom is -0.431 e. The van der Waals surface area contributed by atoms with E-state index in [1.807, 2.05) is 0 Å². The summed E-state index contributed by atoms with van der Waals surface area (Å²) in [6, 6.07) is 6.49. The molecule has 0 fully saturated rings. The van der Waals surface area contributed by atoms with Crippen molar-refractivity contribution in [3.05, 3.63) is 48.0 Å². The van der Waals surface area contributed by atoms with Crippen molar-refractivity contribution < 1.29 is 4.74 Å². The quantitative estimate of drug-likeness (QED) is 0.670. The summed E-state index contributed by atoms with van der Waals surface area (Å²) in [6.07, 6.45) is 7.50. The summed E-state index contributed by atoms with van der Waals surface area (Å²) in [6.45, 7) is 11.8. The zero-order valence-corrected chi connectivity index (χ0v) is 16.6. The Kier molecular flexibility index (Phi) is 5.01. The molecule has 1 aromatic carbocycles. The molecule has 25 heavy (non-hydrogen) atoms. The normalized spacial score (nSPS) is 20.4. The van der Waals surface area contributed by atoms with Gasteiger partial charge in [-0.2, -0.15) is 0 Å². The molecule has 0 bridgehead atoms. The summed E-state index contributed by atoms with van der Waals surface area (Å²) >= 11 is 5.35. The molecule has 0 saturated carbocycles. The Morgan fingerprint density at radius 3 is 2.68 bits per heavy atom. The number of benzene rings is 1. The van der Waals surface area contributed by atoms with Gasteiger partial charge in [-0.05, 0) is 71.5 Å². The highest BCUT2D eigenvalue weighted by molar-refractivity contribution is 7.80. The number of ether oxygens (including phenoxy) is 1. The minimum atomic E-state index is 0.249. The Morgan fingerprint density at radius 2 is 2.08 bits per heavy atom. The van der Waals surface area contributed by atoms with E-state index in [1.165, 1.54) is 17.5 Å². The fraction of sp³-hybridized carbons (Fsp3) is 0.524. The summed E-state index contributed by atoms with van der Waals surface area (Å²) in [5, 5.41) is 0.403. The molecule has 1 heterocycles. The van der Waals surface area contributed by atoms with E-state index < -0.39 is 0 Å². The molecule has 0 radical (unpaired) electrons. The number of aromatic nitrogens is 2. The lowest BCUT2D eigenvalue weighted by molar-refractivity contribution is 0.169. The van der Waals surface area contributed by atoms with Crippen LogP contribution in [-0.4, -0.2) is 14.7 Å². The maximum absolute atomic E-state index is 5.87. The zero-order chi connectivity index (χ0) is 18.2. The highest BCUT2D eigenvalue weighted by Gasteiger charge is 2.38. The predicted molar refractivity (Wildman–Crippen MR) is 106 cm³/mol. The Labute approximate surface area is 156 Å². The number of nitrogens with zero attached hydrogens (tertiary/aromatic N) is 2. The molecule has 2 atom stereocenters. The lowest BCUT2D eigenvalue weighted by atomic mass is 9.61. The zero-order valence-electron chi connectivity index (χ0n) is 15.8. The van der Waals surface area contributed by atoms with Crippen molar-refractivity contribution in [2.45, 2.75) is 53.4 Å². The summed E-state index contributed by atoms with van der Waals surface area (Å²) in [4.78, 5) is 4.01. The third-order valence-corrected chi connectivity index (χ3v) is 5.63. The first kappa shape index (κ1) is 18.1. The number of thiocarbonyl (C=S) groups is 1. The van der Waals surface area contributed by atoms with Gasteiger partial charge in [0, 0.05) is 12.4 Å². The summed E-state index contributed by atoms with van der Waals surface area (Å²) in [5.41, 5.74) is 3.14. The van der Waals surface area contributed by atoms with Gasteiger partial charge >= 0.3 is 0 Å². The molecule has 2 unspecified atom stereocenters. The molecular formula is C21H28N2OS. The first-order valence-electron chi connectivity index (χ1n) is 9.10. The monoisotopic (exact) mass is 356 g/mol. The molecule has 1 aliphatic rings. The highest BCUT2D eigenvalue weighted by atomic mass is 32.1. The van der Waals surface area contributed by atoms with E-state index in [-0.39, 0.29) is 5.41 Å². The second-order valence-electron chi connectivity index (χ2n) is 8.49. The van der Waals surface area contributed by atoms with E-state index in [0.29, 0.717) is 17.0 Å². The first-order valence-corrected chi connectivity index (χ1v) is 9.51. The van der Waals surface area contributed by atoms with Crippen LogP contribution in [0.25, 0.3) is 0 Å². The predicted octanol–water partition coefficient (Wildman–Crippen LogP) is 5.44. The van der Waals surface area contributed by atoms with Gasteiger partial charge in [0.05, 0.1) is 0 Å². The van der Waals surface area contributed by atoms with E-state index in [9.17, 15) is 0 Å². The van der Waals surface area contributed by atoms with E-state index in [4.69, 9.17) is 17.0 Å². The van der Waals surface area contributed by atoms with Crippen molar-refractivity contribution in [1.82, 2.24) is 9.55 Å². The van der Waals surface area contributed by atoms with E-state index in [1.54, 1.807) is 23.3 Å². The number of hydrogen-bond acceptors (Lipinski definition) is 3. The van der Waals surface area contributed by atoms with Crippen molar-refractivity contribution in [1.29, 1.82) is 0 Å². The van der Waals surface area contributed by atoms with Crippen LogP contribution >= 0.6 is 12.2 Å². The number of aryl methyl sites for hydroxylation is 1. The standard InChI is InChI=1S/C21H28N2OS/c1-14(2)17-8-6-15-12-16(24-20(25)23-11-10-22-13-23)7-9-18(15)19(17)21(3,4)5/h7,9-14,17,19H,6,8H2,1-5H3. The van der Waals surface area contributed by atoms with Gasteiger partial charge in [-0.15, -0.1) is 0 Å². The maximum atomic E-state index is 5.87. The third-order valence-electron chi connectivity index (χ3n) is 5.33. The van der Waals surface area contributed by atoms with Gasteiger partial charge in [-0.1, -0.05) is 40.7 Å². The van der Waals surface area contributed by atoms with Crippen LogP contribution in [0.4, 0.5) is 0 Å². The summed E-state index contributed by atoms with van der Waals surface area (Å²) in [5.74, 6) is 2.81. The molecule has 0 amide bonds. The lowest BCUT2D eigenvalue weighted by Crippen LogP contribution is -2.33. The molecule has 3 nitrogen and oxygen atoms in total. The number of rotatable bonds is 2. The smallest absolute Gasteiger partial charge is 0.274 e. The van der Waals surface area contributed by atoms with Crippen LogP contribution in [0.15, 0.2) is 36.9 Å². The topological polar surface area (TPSA) is 27.1 Å². The lowest BCUT2D eigenvalue weighted by Gasteiger charge is -2.44. The van der Waals surface area contributed by atoms with E-state index >= 15 is 0 Å². The highest BCUT2D eigenvalue weighted by Crippen LogP contribution is 2.50. The molecule has 0 N–H and O–H groups in total. The largest absolute Gasteiger partial charge is 0.431 e. The molecule has 1 aliphatic carbocycles. The number of hydrogen-bond donors (Lipinski definition) is 0. The van der Waals surface area contributed by atoms with Crippen LogP contribution in [0.1, 0.15) is 58.1 Å². The van der Waals surface area contributed by atoms with Crippen LogP contribution in [0.2, 0.25) is 0 Å². The molecule has 3 rings (SSSR count). The Balaban J connectivity index is 1.89. The van der Waals surface area contributed by atoms with Gasteiger partial charge in [-0.3, -0.25) is 4.57 Å². The van der Waals surface area contributed by atoms with Crippen molar-refractivity contribution >= 4 is 17.4 Å². The molecule has 2 aromatic rings. The van der Waals surface area contributed by atoms with Crippen molar-refractivity contribution in [3.8, 4) is 5.75 Å². The fourth-order valence-corrected chi connectivity index (χ4v) is 4.44. The Morgan fingerprint density at radius 1 is 1.32 bits per heavy atom. The Bertz CT molecular complexity index is 744. The van der Waals surface area contributed by atoms with Crippen LogP contribution in [0.3, 0.4) is 0 Å². The minimum absolute atomic E-state index is 0.249.